The van der Waals surface area contributed by atoms with E-state index in [4.69, 9.17) is 5.11 Å². The molecule has 8 heteroatoms. The summed E-state index contributed by atoms with van der Waals surface area (Å²) in [6.45, 7) is -0.525. The lowest BCUT2D eigenvalue weighted by atomic mass is 10.1. The second-order valence-electron chi connectivity index (χ2n) is 3.63. The Balaban J connectivity index is 2.47. The third kappa shape index (κ3) is 2.41. The predicted molar refractivity (Wildman–Crippen MR) is 54.7 cm³/mol. The molecule has 0 radical (unpaired) electrons. The van der Waals surface area contributed by atoms with Crippen molar-refractivity contribution in [1.82, 2.24) is 9.78 Å². The first kappa shape index (κ1) is 12.3. The van der Waals surface area contributed by atoms with Gasteiger partial charge < -0.3 is 5.11 Å². The molecule has 0 spiro atoms. The molecule has 1 N–H and O–H groups in total. The topological polar surface area (TPSA) is 55.1 Å². The van der Waals surface area contributed by atoms with E-state index in [2.05, 4.69) is 5.10 Å². The van der Waals surface area contributed by atoms with Crippen molar-refractivity contribution < 1.29 is 23.1 Å². The number of alkyl halides is 3. The molecule has 1 aliphatic rings. The zero-order chi connectivity index (χ0) is 12.6. The van der Waals surface area contributed by atoms with E-state index in [-0.39, 0.29) is 11.3 Å². The van der Waals surface area contributed by atoms with Crippen molar-refractivity contribution in [2.24, 2.45) is 0 Å². The van der Waals surface area contributed by atoms with Crippen LogP contribution in [-0.4, -0.2) is 26.6 Å². The molecule has 0 amide bonds. The lowest BCUT2D eigenvalue weighted by molar-refractivity contribution is -0.143. The van der Waals surface area contributed by atoms with Gasteiger partial charge in [-0.2, -0.15) is 30.0 Å². The zero-order valence-corrected chi connectivity index (χ0v) is 9.44. The molecule has 2 rings (SSSR count). The predicted octanol–water partition coefficient (Wildman–Crippen LogP) is 1.78. The zero-order valence-electron chi connectivity index (χ0n) is 8.62. The fourth-order valence-corrected chi connectivity index (χ4v) is 2.78. The molecule has 17 heavy (non-hydrogen) atoms. The largest absolute Gasteiger partial charge is 0.480 e. The summed E-state index contributed by atoms with van der Waals surface area (Å²) in [4.78, 5) is 10.6. The molecule has 0 aliphatic carbocycles. The fraction of sp³-hybridized carbons (Fsp3) is 0.556. The molecule has 1 aromatic rings. The third-order valence-electron chi connectivity index (χ3n) is 2.45. The van der Waals surface area contributed by atoms with E-state index in [1.165, 1.54) is 11.8 Å². The van der Waals surface area contributed by atoms with Gasteiger partial charge in [0.25, 0.3) is 0 Å². The van der Waals surface area contributed by atoms with Gasteiger partial charge in [-0.1, -0.05) is 0 Å². The first-order chi connectivity index (χ1) is 7.89. The Morgan fingerprint density at radius 1 is 1.53 bits per heavy atom. The minimum absolute atomic E-state index is 0.134. The molecule has 0 saturated heterocycles. The number of hydrogen-bond acceptors (Lipinski definition) is 3. The molecule has 0 saturated carbocycles. The molecule has 4 nitrogen and oxygen atoms in total. The number of thioether (sulfide) groups is 1. The van der Waals surface area contributed by atoms with Crippen molar-refractivity contribution in [3.8, 4) is 0 Å². The highest BCUT2D eigenvalue weighted by Crippen LogP contribution is 2.36. The van der Waals surface area contributed by atoms with Gasteiger partial charge in [0.15, 0.2) is 5.69 Å². The number of halogens is 3. The van der Waals surface area contributed by atoms with Crippen molar-refractivity contribution in [2.75, 3.05) is 5.75 Å². The highest BCUT2D eigenvalue weighted by Gasteiger charge is 2.39. The number of fused-ring (bicyclic) bond motifs is 1. The lowest BCUT2D eigenvalue weighted by Crippen LogP contribution is -2.15. The quantitative estimate of drug-likeness (QED) is 0.886. The van der Waals surface area contributed by atoms with Crippen molar-refractivity contribution in [3.63, 3.8) is 0 Å². The molecule has 94 valence electrons. The first-order valence-electron chi connectivity index (χ1n) is 4.85. The number of aliphatic carboxylic acids is 1. The molecule has 0 fully saturated rings. The second-order valence-corrected chi connectivity index (χ2v) is 4.73. The van der Waals surface area contributed by atoms with Gasteiger partial charge in [-0.3, -0.25) is 9.48 Å². The van der Waals surface area contributed by atoms with Crippen LogP contribution in [0.3, 0.4) is 0 Å². The van der Waals surface area contributed by atoms with Gasteiger partial charge in [0, 0.05) is 17.0 Å². The minimum Gasteiger partial charge on any atom is -0.480 e. The van der Waals surface area contributed by atoms with E-state index in [1.54, 1.807) is 0 Å². The lowest BCUT2D eigenvalue weighted by Gasteiger charge is -2.13. The van der Waals surface area contributed by atoms with Crippen LogP contribution in [0, 0.1) is 0 Å². The molecule has 1 aromatic heterocycles. The second kappa shape index (κ2) is 4.25. The number of nitrogens with zero attached hydrogens (tertiary/aromatic N) is 2. The summed E-state index contributed by atoms with van der Waals surface area (Å²) in [6, 6.07) is 0. The number of hydrogen-bond donors (Lipinski definition) is 1. The highest BCUT2D eigenvalue weighted by molar-refractivity contribution is 7.98. The average molecular weight is 266 g/mol. The molecule has 0 atom stereocenters. The molecule has 0 unspecified atom stereocenters. The first-order valence-corrected chi connectivity index (χ1v) is 6.00. The van der Waals surface area contributed by atoms with E-state index < -0.39 is 24.4 Å². The van der Waals surface area contributed by atoms with Gasteiger partial charge in [-0.25, -0.2) is 0 Å². The normalized spacial score (nSPS) is 15.7. The van der Waals surface area contributed by atoms with Crippen LogP contribution in [0.4, 0.5) is 13.2 Å². The average Bonchev–Trinajstić information content (AvgIpc) is 2.56. The number of carboxylic acid groups (broad SMARTS) is 1. The third-order valence-corrected chi connectivity index (χ3v) is 3.44. The van der Waals surface area contributed by atoms with E-state index in [0.717, 1.165) is 4.68 Å². The molecule has 1 aliphatic heterocycles. The van der Waals surface area contributed by atoms with Crippen molar-refractivity contribution in [2.45, 2.75) is 24.9 Å². The Morgan fingerprint density at radius 3 is 2.82 bits per heavy atom. The SMILES string of the molecule is O=C(O)Cn1nc(C(F)(F)F)c2c1CCSC2. The number of aromatic nitrogens is 2. The Kier molecular flexibility index (Phi) is 3.07. The van der Waals surface area contributed by atoms with Gasteiger partial charge in [0.05, 0.1) is 0 Å². The van der Waals surface area contributed by atoms with Gasteiger partial charge in [-0.15, -0.1) is 0 Å². The Bertz CT molecular complexity index is 456. The van der Waals surface area contributed by atoms with Crippen LogP contribution in [0.15, 0.2) is 0 Å². The summed E-state index contributed by atoms with van der Waals surface area (Å²) in [7, 11) is 0. The number of rotatable bonds is 2. The molecular formula is C9H9F3N2O2S. The number of carbonyl (C=O) groups is 1. The maximum atomic E-state index is 12.7. The Morgan fingerprint density at radius 2 is 2.24 bits per heavy atom. The monoisotopic (exact) mass is 266 g/mol. The molecule has 0 bridgehead atoms. The van der Waals surface area contributed by atoms with Gasteiger partial charge in [0.1, 0.15) is 6.54 Å². The van der Waals surface area contributed by atoms with Crippen LogP contribution in [0.25, 0.3) is 0 Å². The summed E-state index contributed by atoms with van der Waals surface area (Å²) in [5.74, 6) is -0.262. The summed E-state index contributed by atoms with van der Waals surface area (Å²) in [5.41, 5.74) is -0.408. The van der Waals surface area contributed by atoms with Crippen molar-refractivity contribution in [3.05, 3.63) is 17.0 Å². The van der Waals surface area contributed by atoms with Gasteiger partial charge in [-0.05, 0) is 12.2 Å². The summed E-state index contributed by atoms with van der Waals surface area (Å²) in [5, 5.41) is 12.0. The van der Waals surface area contributed by atoms with E-state index in [0.29, 0.717) is 17.9 Å². The number of carboxylic acids is 1. The smallest absolute Gasteiger partial charge is 0.435 e. The molecular weight excluding hydrogens is 257 g/mol. The van der Waals surface area contributed by atoms with Gasteiger partial charge in [0.2, 0.25) is 0 Å². The maximum absolute atomic E-state index is 12.7. The van der Waals surface area contributed by atoms with E-state index in [9.17, 15) is 18.0 Å². The summed E-state index contributed by atoms with van der Waals surface area (Å²) in [6.07, 6.45) is -4.10. The minimum atomic E-state index is -4.52. The summed E-state index contributed by atoms with van der Waals surface area (Å²) >= 11 is 1.40. The highest BCUT2D eigenvalue weighted by atomic mass is 32.2. The van der Waals surface area contributed by atoms with Crippen LogP contribution in [0.2, 0.25) is 0 Å². The maximum Gasteiger partial charge on any atom is 0.435 e. The molecule has 0 aromatic carbocycles. The van der Waals surface area contributed by atoms with E-state index in [1.807, 2.05) is 0 Å². The Labute approximate surface area is 98.8 Å². The van der Waals surface area contributed by atoms with Crippen molar-refractivity contribution in [1.29, 1.82) is 0 Å². The van der Waals surface area contributed by atoms with E-state index >= 15 is 0 Å². The van der Waals surface area contributed by atoms with Crippen LogP contribution < -0.4 is 0 Å². The molecule has 2 heterocycles. The van der Waals surface area contributed by atoms with Crippen LogP contribution in [0.5, 0.6) is 0 Å². The van der Waals surface area contributed by atoms with Crippen LogP contribution >= 0.6 is 11.8 Å². The Hall–Kier alpha value is -1.18. The van der Waals surface area contributed by atoms with Crippen LogP contribution in [-0.2, 0) is 29.7 Å². The van der Waals surface area contributed by atoms with Crippen LogP contribution in [0.1, 0.15) is 17.0 Å². The fourth-order valence-electron chi connectivity index (χ4n) is 1.80. The van der Waals surface area contributed by atoms with Crippen molar-refractivity contribution >= 4 is 17.7 Å². The standard InChI is InChI=1S/C9H9F3N2O2S/c10-9(11,12)8-5-4-17-2-1-6(5)14(13-8)3-7(15)16/h1-4H2,(H,15,16). The van der Waals surface area contributed by atoms with Gasteiger partial charge >= 0.3 is 12.1 Å². The summed E-state index contributed by atoms with van der Waals surface area (Å²) < 4.78 is 39.0.